The van der Waals surface area contributed by atoms with Crippen LogP contribution in [0.15, 0.2) is 12.5 Å². The normalized spacial score (nSPS) is 17.7. The lowest BCUT2D eigenvalue weighted by Crippen LogP contribution is -2.53. The van der Waals surface area contributed by atoms with Crippen LogP contribution in [0.1, 0.15) is 37.8 Å². The number of aromatic amines is 1. The van der Waals surface area contributed by atoms with Crippen molar-refractivity contribution in [1.29, 1.82) is 0 Å². The fourth-order valence-corrected chi connectivity index (χ4v) is 3.52. The zero-order chi connectivity index (χ0) is 22.8. The summed E-state index contributed by atoms with van der Waals surface area (Å²) in [6, 6.07) is -2.57. The number of amides is 3. The lowest BCUT2D eigenvalue weighted by molar-refractivity contribution is -0.142. The van der Waals surface area contributed by atoms with E-state index in [1.807, 2.05) is 0 Å². The van der Waals surface area contributed by atoms with E-state index in [4.69, 9.17) is 11.5 Å². The summed E-state index contributed by atoms with van der Waals surface area (Å²) >= 11 is 0. The molecule has 2 rings (SSSR count). The minimum atomic E-state index is -1.14. The van der Waals surface area contributed by atoms with Gasteiger partial charge >= 0.3 is 5.97 Å². The Kier molecular flexibility index (Phi) is 9.40. The van der Waals surface area contributed by atoms with E-state index >= 15 is 0 Å². The molecule has 31 heavy (non-hydrogen) atoms. The van der Waals surface area contributed by atoms with E-state index in [0.717, 1.165) is 5.69 Å². The monoisotopic (exact) mass is 437 g/mol. The third kappa shape index (κ3) is 7.33. The SMILES string of the molecule is NCCCCC(NC(=O)CNC(=O)C1CCCN1C(=O)C(N)Cc1cnc[nH]1)C(=O)O. The Hall–Kier alpha value is -2.99. The number of carboxylic acids is 1. The summed E-state index contributed by atoms with van der Waals surface area (Å²) in [5.41, 5.74) is 12.1. The van der Waals surface area contributed by atoms with Crippen LogP contribution < -0.4 is 22.1 Å². The Bertz CT molecular complexity index is 755. The lowest BCUT2D eigenvalue weighted by Gasteiger charge is -2.26. The fraction of sp³-hybridized carbons (Fsp3) is 0.632. The molecule has 3 unspecified atom stereocenters. The molecule has 8 N–H and O–H groups in total. The highest BCUT2D eigenvalue weighted by Gasteiger charge is 2.36. The summed E-state index contributed by atoms with van der Waals surface area (Å²) in [7, 11) is 0. The number of rotatable bonds is 12. The van der Waals surface area contributed by atoms with Crippen LogP contribution in [-0.2, 0) is 25.6 Å². The second-order valence-electron chi connectivity index (χ2n) is 7.54. The molecule has 1 fully saturated rings. The molecule has 0 radical (unpaired) electrons. The zero-order valence-electron chi connectivity index (χ0n) is 17.4. The third-order valence-corrected chi connectivity index (χ3v) is 5.15. The van der Waals surface area contributed by atoms with Crippen LogP contribution in [0.4, 0.5) is 0 Å². The van der Waals surface area contributed by atoms with Crippen molar-refractivity contribution in [2.45, 2.75) is 56.7 Å². The first-order valence-corrected chi connectivity index (χ1v) is 10.4. The van der Waals surface area contributed by atoms with Crippen molar-refractivity contribution >= 4 is 23.7 Å². The number of aromatic nitrogens is 2. The second kappa shape index (κ2) is 12.0. The molecule has 0 aromatic carbocycles. The van der Waals surface area contributed by atoms with Gasteiger partial charge < -0.3 is 37.1 Å². The van der Waals surface area contributed by atoms with E-state index in [-0.39, 0.29) is 25.3 Å². The quantitative estimate of drug-likeness (QED) is 0.203. The fourth-order valence-electron chi connectivity index (χ4n) is 3.52. The molecule has 1 aromatic heterocycles. The average molecular weight is 438 g/mol. The van der Waals surface area contributed by atoms with E-state index < -0.39 is 35.9 Å². The minimum absolute atomic E-state index is 0.255. The van der Waals surface area contributed by atoms with Gasteiger partial charge in [0.1, 0.15) is 12.1 Å². The Morgan fingerprint density at radius 2 is 2.10 bits per heavy atom. The molecule has 1 aliphatic heterocycles. The number of carbonyl (C=O) groups is 4. The highest BCUT2D eigenvalue weighted by Crippen LogP contribution is 2.19. The smallest absolute Gasteiger partial charge is 0.326 e. The molecule has 12 heteroatoms. The second-order valence-corrected chi connectivity index (χ2v) is 7.54. The number of H-pyrrole nitrogens is 1. The number of nitrogens with one attached hydrogen (secondary N) is 3. The standard InChI is InChI=1S/C19H31N7O5/c20-6-2-1-4-14(19(30)31)25-16(27)10-23-17(28)15-5-3-7-26(15)18(29)13(21)8-12-9-22-11-24-12/h9,11,13-15H,1-8,10,20-21H2,(H,22,24)(H,23,28)(H,25,27)(H,30,31). The number of likely N-dealkylation sites (tertiary alicyclic amines) is 1. The van der Waals surface area contributed by atoms with Crippen molar-refractivity contribution < 1.29 is 24.3 Å². The maximum absolute atomic E-state index is 12.7. The van der Waals surface area contributed by atoms with Gasteiger partial charge in [0.05, 0.1) is 18.9 Å². The number of carboxylic acid groups (broad SMARTS) is 1. The van der Waals surface area contributed by atoms with Crippen molar-refractivity contribution in [1.82, 2.24) is 25.5 Å². The van der Waals surface area contributed by atoms with Crippen molar-refractivity contribution in [2.75, 3.05) is 19.6 Å². The van der Waals surface area contributed by atoms with Crippen molar-refractivity contribution in [3.05, 3.63) is 18.2 Å². The minimum Gasteiger partial charge on any atom is -0.480 e. The number of carbonyl (C=O) groups excluding carboxylic acids is 3. The molecule has 3 amide bonds. The summed E-state index contributed by atoms with van der Waals surface area (Å²) in [4.78, 5) is 56.8. The van der Waals surface area contributed by atoms with Crippen molar-refractivity contribution in [3.8, 4) is 0 Å². The number of imidazole rings is 1. The van der Waals surface area contributed by atoms with Crippen LogP contribution in [0.5, 0.6) is 0 Å². The number of nitrogens with two attached hydrogens (primary N) is 2. The van der Waals surface area contributed by atoms with Gasteiger partial charge in [-0.05, 0) is 38.6 Å². The van der Waals surface area contributed by atoms with Crippen LogP contribution in [0.25, 0.3) is 0 Å². The predicted molar refractivity (Wildman–Crippen MR) is 110 cm³/mol. The summed E-state index contributed by atoms with van der Waals surface area (Å²) in [5, 5.41) is 14.1. The molecule has 3 atom stereocenters. The zero-order valence-corrected chi connectivity index (χ0v) is 17.4. The molecule has 1 saturated heterocycles. The predicted octanol–water partition coefficient (Wildman–Crippen LogP) is -1.91. The van der Waals surface area contributed by atoms with Crippen LogP contribution >= 0.6 is 0 Å². The van der Waals surface area contributed by atoms with Gasteiger partial charge in [0.15, 0.2) is 0 Å². The number of hydrogen-bond donors (Lipinski definition) is 6. The number of hydrogen-bond acceptors (Lipinski definition) is 7. The topological polar surface area (TPSA) is 197 Å². The van der Waals surface area contributed by atoms with E-state index in [1.54, 1.807) is 6.20 Å². The van der Waals surface area contributed by atoms with Gasteiger partial charge in [-0.2, -0.15) is 0 Å². The summed E-state index contributed by atoms with van der Waals surface area (Å²) in [6.45, 7) is 0.471. The summed E-state index contributed by atoms with van der Waals surface area (Å²) < 4.78 is 0. The van der Waals surface area contributed by atoms with Gasteiger partial charge in [0.2, 0.25) is 17.7 Å². The van der Waals surface area contributed by atoms with Crippen LogP contribution in [0.3, 0.4) is 0 Å². The molecule has 1 aromatic rings. The Labute approximate surface area is 180 Å². The molecular formula is C19H31N7O5. The number of aliphatic carboxylic acids is 1. The molecule has 0 bridgehead atoms. The Morgan fingerprint density at radius 3 is 2.74 bits per heavy atom. The molecule has 172 valence electrons. The summed E-state index contributed by atoms with van der Waals surface area (Å²) in [5.74, 6) is -2.57. The van der Waals surface area contributed by atoms with Gasteiger partial charge in [-0.15, -0.1) is 0 Å². The van der Waals surface area contributed by atoms with Gasteiger partial charge in [0, 0.05) is 24.9 Å². The van der Waals surface area contributed by atoms with Crippen molar-refractivity contribution in [2.24, 2.45) is 11.5 Å². The largest absolute Gasteiger partial charge is 0.480 e. The molecule has 2 heterocycles. The third-order valence-electron chi connectivity index (χ3n) is 5.15. The lowest BCUT2D eigenvalue weighted by atomic mass is 10.1. The van der Waals surface area contributed by atoms with Crippen LogP contribution in [0.2, 0.25) is 0 Å². The highest BCUT2D eigenvalue weighted by molar-refractivity contribution is 5.93. The van der Waals surface area contributed by atoms with E-state index in [2.05, 4.69) is 20.6 Å². The first-order valence-electron chi connectivity index (χ1n) is 10.4. The first-order chi connectivity index (χ1) is 14.8. The maximum Gasteiger partial charge on any atom is 0.326 e. The molecule has 0 saturated carbocycles. The Balaban J connectivity index is 1.83. The van der Waals surface area contributed by atoms with E-state index in [1.165, 1.54) is 11.2 Å². The van der Waals surface area contributed by atoms with Crippen molar-refractivity contribution in [3.63, 3.8) is 0 Å². The van der Waals surface area contributed by atoms with Crippen LogP contribution in [-0.4, -0.2) is 81.4 Å². The number of unbranched alkanes of at least 4 members (excludes halogenated alkanes) is 1. The van der Waals surface area contributed by atoms with E-state index in [0.29, 0.717) is 38.8 Å². The molecule has 1 aliphatic rings. The summed E-state index contributed by atoms with van der Waals surface area (Å²) in [6.07, 6.45) is 5.94. The van der Waals surface area contributed by atoms with Crippen LogP contribution in [0, 0.1) is 0 Å². The molecule has 12 nitrogen and oxygen atoms in total. The highest BCUT2D eigenvalue weighted by atomic mass is 16.4. The molecular weight excluding hydrogens is 406 g/mol. The van der Waals surface area contributed by atoms with Gasteiger partial charge in [-0.25, -0.2) is 9.78 Å². The average Bonchev–Trinajstić information content (AvgIpc) is 3.42. The van der Waals surface area contributed by atoms with E-state index in [9.17, 15) is 24.3 Å². The molecule has 0 spiro atoms. The van der Waals surface area contributed by atoms with Gasteiger partial charge in [0.25, 0.3) is 0 Å². The molecule has 0 aliphatic carbocycles. The Morgan fingerprint density at radius 1 is 1.32 bits per heavy atom. The van der Waals surface area contributed by atoms with Gasteiger partial charge in [-0.1, -0.05) is 0 Å². The maximum atomic E-state index is 12.7. The first kappa shape index (κ1) is 24.3. The van der Waals surface area contributed by atoms with Gasteiger partial charge in [-0.3, -0.25) is 14.4 Å². The number of nitrogens with zero attached hydrogens (tertiary/aromatic N) is 2.